The zero-order valence-corrected chi connectivity index (χ0v) is 34.8. The number of rotatable bonds is 12. The number of piperidine rings is 1. The minimum Gasteiger partial charge on any atom is -0.393 e. The number of ketones is 1. The van der Waals surface area contributed by atoms with Gasteiger partial charge in [0.15, 0.2) is 5.78 Å². The topological polar surface area (TPSA) is 138 Å². The van der Waals surface area contributed by atoms with Crippen molar-refractivity contribution in [3.63, 3.8) is 0 Å². The van der Waals surface area contributed by atoms with Gasteiger partial charge in [-0.1, -0.05) is 60.3 Å². The molecule has 3 heterocycles. The van der Waals surface area contributed by atoms with Crippen LogP contribution in [0, 0.1) is 51.8 Å². The van der Waals surface area contributed by atoms with Crippen molar-refractivity contribution in [1.82, 2.24) is 5.32 Å². The van der Waals surface area contributed by atoms with E-state index in [1.165, 1.54) is 19.3 Å². The van der Waals surface area contributed by atoms with Crippen molar-refractivity contribution in [2.75, 3.05) is 13.2 Å². The maximum absolute atomic E-state index is 14.8. The fraction of sp³-hybridized carbons (Fsp3) is 0.935. The van der Waals surface area contributed by atoms with Crippen LogP contribution in [-0.2, 0) is 14.3 Å². The van der Waals surface area contributed by atoms with E-state index in [0.29, 0.717) is 24.9 Å². The molecule has 5 aliphatic carbocycles. The molecular formula is C46H76N2O6. The Hall–Kier alpha value is -0.870. The molecule has 6 fully saturated rings. The third kappa shape index (κ3) is 5.94. The first kappa shape index (κ1) is 39.9. The van der Waals surface area contributed by atoms with Gasteiger partial charge in [0.1, 0.15) is 17.8 Å². The van der Waals surface area contributed by atoms with Gasteiger partial charge in [0.25, 0.3) is 0 Å². The maximum Gasteiger partial charge on any atom is 0.162 e. The van der Waals surface area contributed by atoms with Crippen molar-refractivity contribution in [2.45, 2.75) is 205 Å². The van der Waals surface area contributed by atoms with Crippen LogP contribution < -0.4 is 11.1 Å². The number of nitrogens with two attached hydrogens (primary N) is 1. The van der Waals surface area contributed by atoms with E-state index in [1.54, 1.807) is 0 Å². The van der Waals surface area contributed by atoms with Crippen molar-refractivity contribution in [3.05, 3.63) is 11.1 Å². The van der Waals surface area contributed by atoms with Gasteiger partial charge in [-0.3, -0.25) is 4.79 Å². The van der Waals surface area contributed by atoms with Crippen LogP contribution in [0.15, 0.2) is 11.1 Å². The van der Waals surface area contributed by atoms with Crippen molar-refractivity contribution in [1.29, 1.82) is 0 Å². The number of ether oxygens (including phenoxy) is 2. The number of Topliss-reactive ketones (excluding diaryl/α,β-unsaturated/α-hetero) is 1. The quantitative estimate of drug-likeness (QED) is 0.103. The highest BCUT2D eigenvalue weighted by Gasteiger charge is 2.78. The molecule has 0 aromatic heterocycles. The number of fused-ring (bicyclic) bond motifs is 2. The molecule has 6 N–H and O–H groups in total. The van der Waals surface area contributed by atoms with Crippen LogP contribution >= 0.6 is 0 Å². The largest absolute Gasteiger partial charge is 0.393 e. The molecule has 15 unspecified atom stereocenters. The highest BCUT2D eigenvalue weighted by atomic mass is 16.6. The second-order valence-corrected chi connectivity index (χ2v) is 21.5. The van der Waals surface area contributed by atoms with Crippen LogP contribution in [0.3, 0.4) is 0 Å². The lowest BCUT2D eigenvalue weighted by Gasteiger charge is -2.64. The summed E-state index contributed by atoms with van der Waals surface area (Å²) in [4.78, 5) is 14.8. The molecule has 8 aliphatic rings. The molecule has 8 rings (SSSR count). The average molecular weight is 753 g/mol. The number of epoxide rings is 1. The Morgan fingerprint density at radius 3 is 2.54 bits per heavy atom. The number of carbonyl (C=O) groups is 1. The number of allylic oxidation sites excluding steroid dienone is 1. The maximum atomic E-state index is 14.8. The Bertz CT molecular complexity index is 1460. The second kappa shape index (κ2) is 14.2. The molecule has 15 atom stereocenters. The fourth-order valence-corrected chi connectivity index (χ4v) is 14.8. The van der Waals surface area contributed by atoms with Crippen molar-refractivity contribution >= 4 is 5.78 Å². The number of unbranched alkanes of at least 4 members (excludes halogenated alkanes) is 3. The number of nitrogens with one attached hydrogen (secondary N) is 1. The molecular weight excluding hydrogens is 677 g/mol. The lowest BCUT2D eigenvalue weighted by Crippen LogP contribution is -2.66. The molecule has 3 saturated carbocycles. The van der Waals surface area contributed by atoms with Gasteiger partial charge < -0.3 is 35.8 Å². The van der Waals surface area contributed by atoms with E-state index < -0.39 is 28.3 Å². The van der Waals surface area contributed by atoms with Gasteiger partial charge >= 0.3 is 0 Å². The number of hydrogen-bond donors (Lipinski definition) is 5. The lowest BCUT2D eigenvalue weighted by atomic mass is 9.41. The van der Waals surface area contributed by atoms with E-state index in [9.17, 15) is 20.1 Å². The van der Waals surface area contributed by atoms with Gasteiger partial charge in [-0.15, -0.1) is 0 Å². The minimum atomic E-state index is -1.06. The van der Waals surface area contributed by atoms with Gasteiger partial charge in [-0.25, -0.2) is 0 Å². The zero-order valence-electron chi connectivity index (χ0n) is 34.8. The monoisotopic (exact) mass is 753 g/mol. The van der Waals surface area contributed by atoms with E-state index in [4.69, 9.17) is 15.2 Å². The summed E-state index contributed by atoms with van der Waals surface area (Å²) in [6.07, 6.45) is 17.3. The summed E-state index contributed by atoms with van der Waals surface area (Å²) >= 11 is 0. The zero-order chi connectivity index (χ0) is 38.5. The summed E-state index contributed by atoms with van der Waals surface area (Å²) in [6.45, 7) is 15.0. The van der Waals surface area contributed by atoms with Crippen LogP contribution in [0.25, 0.3) is 0 Å². The smallest absolute Gasteiger partial charge is 0.162 e. The fourth-order valence-electron chi connectivity index (χ4n) is 14.8. The second-order valence-electron chi connectivity index (χ2n) is 21.5. The van der Waals surface area contributed by atoms with Gasteiger partial charge in [0.05, 0.1) is 23.5 Å². The molecule has 0 amide bonds. The standard InChI is InChI=1S/C46H76N2O6/c1-7-8-9-10-18-44-21-14-31(49)26-34(44)38(50)32-12-11-30-25-35(42(5)20-15-33(44)37(32)46(30,42)52)45(27-28(2)17-23-53-45)40-39(54-40)43(6,51)41(3,4)19-13-29-16-22-48-36(47)24-29/h28-31,33-36,39-40,48-49,51-52H,7-27,47H2,1-6H3. The first-order valence-corrected chi connectivity index (χ1v) is 22.7. The molecule has 0 spiro atoms. The van der Waals surface area contributed by atoms with E-state index in [-0.39, 0.29) is 58.7 Å². The molecule has 306 valence electrons. The van der Waals surface area contributed by atoms with E-state index in [1.807, 2.05) is 6.92 Å². The molecule has 3 aliphatic heterocycles. The Morgan fingerprint density at radius 1 is 1.00 bits per heavy atom. The highest BCUT2D eigenvalue weighted by molar-refractivity contribution is 6.00. The molecule has 0 aromatic carbocycles. The van der Waals surface area contributed by atoms with Crippen LogP contribution in [-0.4, -0.2) is 75.5 Å². The molecule has 8 nitrogen and oxygen atoms in total. The average Bonchev–Trinajstić information content (AvgIpc) is 3.91. The third-order valence-corrected chi connectivity index (χ3v) is 18.3. The first-order valence-electron chi connectivity index (χ1n) is 22.7. The van der Waals surface area contributed by atoms with E-state index in [0.717, 1.165) is 114 Å². The summed E-state index contributed by atoms with van der Waals surface area (Å²) in [6, 6.07) is 0. The van der Waals surface area contributed by atoms with Crippen LogP contribution in [0.2, 0.25) is 0 Å². The predicted octanol–water partition coefficient (Wildman–Crippen LogP) is 7.36. The lowest BCUT2D eigenvalue weighted by molar-refractivity contribution is -0.198. The molecule has 54 heavy (non-hydrogen) atoms. The Kier molecular flexibility index (Phi) is 10.5. The summed E-state index contributed by atoms with van der Waals surface area (Å²) in [5.41, 5.74) is 4.59. The number of carbonyl (C=O) groups excluding carboxylic acids is 1. The highest BCUT2D eigenvalue weighted by Crippen LogP contribution is 2.75. The van der Waals surface area contributed by atoms with Crippen molar-refractivity contribution < 1.29 is 29.6 Å². The summed E-state index contributed by atoms with van der Waals surface area (Å²) in [5, 5.41) is 40.6. The van der Waals surface area contributed by atoms with Crippen LogP contribution in [0.4, 0.5) is 0 Å². The number of aliphatic hydroxyl groups is 3. The Labute approximate surface area is 326 Å². The van der Waals surface area contributed by atoms with Gasteiger partial charge in [0, 0.05) is 17.9 Å². The van der Waals surface area contributed by atoms with E-state index >= 15 is 0 Å². The molecule has 0 bridgehead atoms. The summed E-state index contributed by atoms with van der Waals surface area (Å²) in [7, 11) is 0. The van der Waals surface area contributed by atoms with Crippen LogP contribution in [0.1, 0.15) is 164 Å². The normalized spacial score (nSPS) is 48.6. The summed E-state index contributed by atoms with van der Waals surface area (Å²) < 4.78 is 14.0. The van der Waals surface area contributed by atoms with Gasteiger partial charge in [0.2, 0.25) is 0 Å². The molecule has 0 aromatic rings. The SMILES string of the molecule is CCCCCCC12CCC(O)CC1C(=O)C1=C3C2CCC2(C)C(C4(C5OC5C(C)(O)C(C)(C)CCC5CCNC(N)C5)CC(C)CCO4)CC(CC1)C32O. The predicted molar refractivity (Wildman–Crippen MR) is 211 cm³/mol. The first-order chi connectivity index (χ1) is 25.6. The number of aliphatic hydroxyl groups excluding tert-OH is 1. The van der Waals surface area contributed by atoms with Gasteiger partial charge in [-0.2, -0.15) is 0 Å². The third-order valence-electron chi connectivity index (χ3n) is 18.3. The molecule has 8 heteroatoms. The molecule has 0 radical (unpaired) electrons. The van der Waals surface area contributed by atoms with Crippen molar-refractivity contribution in [3.8, 4) is 0 Å². The summed E-state index contributed by atoms with van der Waals surface area (Å²) in [5.74, 6) is 1.48. The Morgan fingerprint density at radius 2 is 1.80 bits per heavy atom. The van der Waals surface area contributed by atoms with Gasteiger partial charge in [-0.05, 0) is 161 Å². The molecule has 3 saturated heterocycles. The van der Waals surface area contributed by atoms with Crippen molar-refractivity contribution in [2.24, 2.45) is 57.5 Å². The van der Waals surface area contributed by atoms with Crippen LogP contribution in [0.5, 0.6) is 0 Å². The number of hydrogen-bond acceptors (Lipinski definition) is 8. The minimum absolute atomic E-state index is 0.0575. The van der Waals surface area contributed by atoms with E-state index in [2.05, 4.69) is 39.9 Å². The Balaban J connectivity index is 1.12.